The number of rotatable bonds is 12. The fraction of sp³-hybridized carbons (Fsp3) is 0.286. The van der Waals surface area contributed by atoms with E-state index in [4.69, 9.17) is 16.3 Å². The Kier molecular flexibility index (Phi) is 10.2. The van der Waals surface area contributed by atoms with E-state index in [1.807, 2.05) is 30.3 Å². The van der Waals surface area contributed by atoms with Crippen LogP contribution >= 0.6 is 11.6 Å². The van der Waals surface area contributed by atoms with Crippen LogP contribution in [-0.4, -0.2) is 57.6 Å². The first-order valence-corrected chi connectivity index (χ1v) is 14.4. The molecule has 38 heavy (non-hydrogen) atoms. The Labute approximate surface area is 229 Å². The van der Waals surface area contributed by atoms with Crippen LogP contribution < -0.4 is 14.4 Å². The zero-order chi connectivity index (χ0) is 27.7. The lowest BCUT2D eigenvalue weighted by Crippen LogP contribution is -2.52. The molecule has 3 aromatic rings. The lowest BCUT2D eigenvalue weighted by Gasteiger charge is -2.33. The summed E-state index contributed by atoms with van der Waals surface area (Å²) < 4.78 is 32.5. The highest BCUT2D eigenvalue weighted by molar-refractivity contribution is 7.92. The number of amides is 2. The maximum absolute atomic E-state index is 14.0. The van der Waals surface area contributed by atoms with Gasteiger partial charge >= 0.3 is 0 Å². The molecule has 0 saturated heterocycles. The van der Waals surface area contributed by atoms with Crippen molar-refractivity contribution in [1.82, 2.24) is 10.2 Å². The zero-order valence-electron chi connectivity index (χ0n) is 21.6. The number of benzene rings is 3. The highest BCUT2D eigenvalue weighted by Crippen LogP contribution is 2.30. The molecule has 0 radical (unpaired) electrons. The molecule has 0 fully saturated rings. The first-order valence-electron chi connectivity index (χ1n) is 12.1. The van der Waals surface area contributed by atoms with Gasteiger partial charge in [-0.15, -0.1) is 0 Å². The van der Waals surface area contributed by atoms with Crippen molar-refractivity contribution in [2.24, 2.45) is 0 Å². The van der Waals surface area contributed by atoms with Gasteiger partial charge in [0.05, 0.1) is 18.6 Å². The third kappa shape index (κ3) is 7.72. The van der Waals surface area contributed by atoms with E-state index in [0.717, 1.165) is 16.1 Å². The Hall–Kier alpha value is -3.56. The van der Waals surface area contributed by atoms with Crippen LogP contribution in [0.4, 0.5) is 5.69 Å². The highest BCUT2D eigenvalue weighted by atomic mass is 35.5. The molecule has 0 unspecified atom stereocenters. The summed E-state index contributed by atoms with van der Waals surface area (Å²) in [5.41, 5.74) is 1.80. The van der Waals surface area contributed by atoms with E-state index in [2.05, 4.69) is 5.32 Å². The summed E-state index contributed by atoms with van der Waals surface area (Å²) in [5, 5.41) is 3.13. The van der Waals surface area contributed by atoms with Crippen molar-refractivity contribution in [3.8, 4) is 5.75 Å². The normalized spacial score (nSPS) is 11.9. The van der Waals surface area contributed by atoms with Gasteiger partial charge in [-0.1, -0.05) is 66.2 Å². The lowest BCUT2D eigenvalue weighted by molar-refractivity contribution is -0.139. The van der Waals surface area contributed by atoms with Gasteiger partial charge in [-0.05, 0) is 42.3 Å². The second-order valence-electron chi connectivity index (χ2n) is 8.64. The number of hydrogen-bond acceptors (Lipinski definition) is 5. The van der Waals surface area contributed by atoms with Crippen molar-refractivity contribution in [2.75, 3.05) is 30.8 Å². The van der Waals surface area contributed by atoms with Crippen LogP contribution in [0.15, 0.2) is 78.9 Å². The van der Waals surface area contributed by atoms with Crippen molar-refractivity contribution in [2.45, 2.75) is 25.9 Å². The molecular formula is C28H32ClN3O5S. The van der Waals surface area contributed by atoms with Crippen molar-refractivity contribution >= 4 is 39.1 Å². The van der Waals surface area contributed by atoms with E-state index in [-0.39, 0.29) is 24.6 Å². The number of sulfonamides is 1. The Bertz CT molecular complexity index is 1350. The Morgan fingerprint density at radius 2 is 1.63 bits per heavy atom. The molecule has 1 N–H and O–H groups in total. The number of para-hydroxylation sites is 2. The van der Waals surface area contributed by atoms with Crippen LogP contribution in [0.1, 0.15) is 18.1 Å². The molecule has 8 nitrogen and oxygen atoms in total. The number of anilines is 1. The van der Waals surface area contributed by atoms with Gasteiger partial charge in [-0.2, -0.15) is 0 Å². The molecule has 0 heterocycles. The van der Waals surface area contributed by atoms with E-state index in [1.54, 1.807) is 55.5 Å². The van der Waals surface area contributed by atoms with Crippen molar-refractivity contribution in [3.63, 3.8) is 0 Å². The second kappa shape index (κ2) is 13.3. The standard InChI is InChI=1S/C28H32ClN3O5S/c1-4-37-26-16-9-8-15-24(26)32(38(3,35)36)20-27(33)31(19-22-13-10-14-23(29)17-22)25(28(34)30-2)18-21-11-6-5-7-12-21/h5-17,25H,4,18-20H2,1-3H3,(H,30,34)/t25-/m1/s1. The molecule has 0 bridgehead atoms. The van der Waals surface area contributed by atoms with Gasteiger partial charge in [0.25, 0.3) is 0 Å². The minimum atomic E-state index is -3.89. The molecule has 0 saturated carbocycles. The van der Waals surface area contributed by atoms with Gasteiger partial charge in [0.15, 0.2) is 0 Å². The van der Waals surface area contributed by atoms with E-state index in [1.165, 1.54) is 11.9 Å². The fourth-order valence-corrected chi connectivity index (χ4v) is 5.15. The number of nitrogens with zero attached hydrogens (tertiary/aromatic N) is 2. The molecule has 0 aliphatic heterocycles. The van der Waals surface area contributed by atoms with Crippen LogP contribution in [-0.2, 0) is 32.6 Å². The van der Waals surface area contributed by atoms with Crippen LogP contribution in [0.25, 0.3) is 0 Å². The van der Waals surface area contributed by atoms with Gasteiger partial charge in [0.1, 0.15) is 18.3 Å². The fourth-order valence-electron chi connectivity index (χ4n) is 4.09. The Morgan fingerprint density at radius 1 is 0.974 bits per heavy atom. The SMILES string of the molecule is CCOc1ccccc1N(CC(=O)N(Cc1cccc(Cl)c1)[C@H](Cc1ccccc1)C(=O)NC)S(C)(=O)=O. The molecule has 1 atom stereocenters. The Morgan fingerprint density at radius 3 is 2.26 bits per heavy atom. The average molecular weight is 558 g/mol. The maximum atomic E-state index is 14.0. The summed E-state index contributed by atoms with van der Waals surface area (Å²) >= 11 is 6.19. The number of carbonyl (C=O) groups excluding carboxylic acids is 2. The van der Waals surface area contributed by atoms with E-state index >= 15 is 0 Å². The average Bonchev–Trinajstić information content (AvgIpc) is 2.89. The van der Waals surface area contributed by atoms with Crippen LogP contribution in [0.2, 0.25) is 5.02 Å². The van der Waals surface area contributed by atoms with Gasteiger partial charge in [0, 0.05) is 25.0 Å². The molecule has 0 aliphatic rings. The van der Waals surface area contributed by atoms with Gasteiger partial charge in [-0.3, -0.25) is 13.9 Å². The van der Waals surface area contributed by atoms with Crippen LogP contribution in [0.5, 0.6) is 5.75 Å². The van der Waals surface area contributed by atoms with E-state index in [0.29, 0.717) is 22.9 Å². The molecule has 0 aromatic heterocycles. The number of hydrogen-bond donors (Lipinski definition) is 1. The summed E-state index contributed by atoms with van der Waals surface area (Å²) in [4.78, 5) is 28.5. The first-order chi connectivity index (χ1) is 18.1. The van der Waals surface area contributed by atoms with Crippen molar-refractivity contribution in [1.29, 1.82) is 0 Å². The quantitative estimate of drug-likeness (QED) is 0.364. The van der Waals surface area contributed by atoms with Gasteiger partial charge in [-0.25, -0.2) is 8.42 Å². The van der Waals surface area contributed by atoms with E-state index in [9.17, 15) is 18.0 Å². The minimum absolute atomic E-state index is 0.0506. The molecule has 2 amide bonds. The summed E-state index contributed by atoms with van der Waals surface area (Å²) in [5.74, 6) is -0.585. The molecule has 3 rings (SSSR count). The molecule has 10 heteroatoms. The zero-order valence-corrected chi connectivity index (χ0v) is 23.2. The molecule has 3 aromatic carbocycles. The minimum Gasteiger partial charge on any atom is -0.492 e. The summed E-state index contributed by atoms with van der Waals surface area (Å²) in [6.45, 7) is 1.64. The topological polar surface area (TPSA) is 96.0 Å². The summed E-state index contributed by atoms with van der Waals surface area (Å²) in [6.07, 6.45) is 1.27. The summed E-state index contributed by atoms with van der Waals surface area (Å²) in [6, 6.07) is 22.0. The third-order valence-electron chi connectivity index (χ3n) is 5.87. The van der Waals surface area contributed by atoms with Gasteiger partial charge < -0.3 is 15.0 Å². The predicted molar refractivity (Wildman–Crippen MR) is 150 cm³/mol. The van der Waals surface area contributed by atoms with Crippen molar-refractivity contribution < 1.29 is 22.7 Å². The number of ether oxygens (including phenoxy) is 1. The predicted octanol–water partition coefficient (Wildman–Crippen LogP) is 3.89. The van der Waals surface area contributed by atoms with Crippen LogP contribution in [0.3, 0.4) is 0 Å². The number of carbonyl (C=O) groups is 2. The monoisotopic (exact) mass is 557 g/mol. The highest BCUT2D eigenvalue weighted by Gasteiger charge is 2.33. The lowest BCUT2D eigenvalue weighted by atomic mass is 10.0. The summed E-state index contributed by atoms with van der Waals surface area (Å²) in [7, 11) is -2.39. The maximum Gasteiger partial charge on any atom is 0.244 e. The van der Waals surface area contributed by atoms with Crippen molar-refractivity contribution in [3.05, 3.63) is 95.0 Å². The molecular weight excluding hydrogens is 526 g/mol. The van der Waals surface area contributed by atoms with Gasteiger partial charge in [0.2, 0.25) is 21.8 Å². The number of nitrogens with one attached hydrogen (secondary N) is 1. The molecule has 202 valence electrons. The smallest absolute Gasteiger partial charge is 0.244 e. The molecule has 0 spiro atoms. The third-order valence-corrected chi connectivity index (χ3v) is 7.23. The van der Waals surface area contributed by atoms with Crippen LogP contribution in [0, 0.1) is 0 Å². The largest absolute Gasteiger partial charge is 0.492 e. The second-order valence-corrected chi connectivity index (χ2v) is 11.0. The number of halogens is 1. The molecule has 0 aliphatic carbocycles. The Balaban J connectivity index is 2.05. The van der Waals surface area contributed by atoms with E-state index < -0.39 is 28.5 Å². The number of likely N-dealkylation sites (N-methyl/N-ethyl adjacent to an activating group) is 1. The first kappa shape index (κ1) is 29.0.